The summed E-state index contributed by atoms with van der Waals surface area (Å²) in [5.74, 6) is 1.36. The van der Waals surface area contributed by atoms with Crippen molar-refractivity contribution in [2.75, 3.05) is 14.2 Å². The van der Waals surface area contributed by atoms with Crippen LogP contribution in [0.1, 0.15) is 30.0 Å². The van der Waals surface area contributed by atoms with Gasteiger partial charge in [0.05, 0.1) is 20.3 Å². The summed E-state index contributed by atoms with van der Waals surface area (Å²) in [6.45, 7) is 1.98. The molecular weight excluding hydrogens is 216 g/mol. The molecule has 0 spiro atoms. The molecular formula is C13H18N2O2. The average Bonchev–Trinajstić information content (AvgIpc) is 2.35. The molecule has 4 heteroatoms. The lowest BCUT2D eigenvalue weighted by Gasteiger charge is -2.17. The minimum Gasteiger partial charge on any atom is -0.493 e. The lowest BCUT2D eigenvalue weighted by atomic mass is 9.98. The van der Waals surface area contributed by atoms with Gasteiger partial charge in [0.15, 0.2) is 11.5 Å². The third-order valence-electron chi connectivity index (χ3n) is 2.74. The van der Waals surface area contributed by atoms with Crippen LogP contribution in [0.4, 0.5) is 0 Å². The minimum absolute atomic E-state index is 0.144. The molecule has 0 aromatic heterocycles. The highest BCUT2D eigenvalue weighted by Crippen LogP contribution is 2.33. The highest BCUT2D eigenvalue weighted by Gasteiger charge is 2.13. The van der Waals surface area contributed by atoms with Gasteiger partial charge in [-0.15, -0.1) is 0 Å². The van der Waals surface area contributed by atoms with Crippen LogP contribution in [0, 0.1) is 18.3 Å². The average molecular weight is 234 g/mol. The Kier molecular flexibility index (Phi) is 4.80. The van der Waals surface area contributed by atoms with Crippen LogP contribution in [0.2, 0.25) is 0 Å². The van der Waals surface area contributed by atoms with E-state index in [9.17, 15) is 0 Å². The Labute approximate surface area is 102 Å². The van der Waals surface area contributed by atoms with Crippen molar-refractivity contribution >= 4 is 0 Å². The standard InChI is InChI=1S/C13H18N2O2/c1-9-7-12(16-2)13(17-3)8-10(9)11(15)5-4-6-14/h7-8,11H,4-5,15H2,1-3H3. The number of rotatable bonds is 5. The molecule has 0 aliphatic heterocycles. The number of ether oxygens (including phenoxy) is 2. The molecule has 0 aliphatic rings. The summed E-state index contributed by atoms with van der Waals surface area (Å²) in [4.78, 5) is 0. The molecule has 0 heterocycles. The zero-order valence-corrected chi connectivity index (χ0v) is 10.5. The second-order valence-corrected chi connectivity index (χ2v) is 3.87. The first-order valence-electron chi connectivity index (χ1n) is 5.49. The van der Waals surface area contributed by atoms with Crippen LogP contribution in [0.3, 0.4) is 0 Å². The van der Waals surface area contributed by atoms with E-state index in [1.807, 2.05) is 19.1 Å². The van der Waals surface area contributed by atoms with Gasteiger partial charge in [0.2, 0.25) is 0 Å². The summed E-state index contributed by atoms with van der Waals surface area (Å²) in [5, 5.41) is 8.56. The maximum Gasteiger partial charge on any atom is 0.161 e. The van der Waals surface area contributed by atoms with Crippen molar-refractivity contribution < 1.29 is 9.47 Å². The maximum atomic E-state index is 8.56. The molecule has 1 aromatic rings. The third-order valence-corrected chi connectivity index (χ3v) is 2.74. The van der Waals surface area contributed by atoms with Crippen LogP contribution in [-0.2, 0) is 0 Å². The van der Waals surface area contributed by atoms with Gasteiger partial charge in [-0.2, -0.15) is 5.26 Å². The molecule has 1 atom stereocenters. The molecule has 2 N–H and O–H groups in total. The Morgan fingerprint density at radius 1 is 1.29 bits per heavy atom. The number of aryl methyl sites for hydroxylation is 1. The largest absolute Gasteiger partial charge is 0.493 e. The summed E-state index contributed by atoms with van der Waals surface area (Å²) >= 11 is 0. The Morgan fingerprint density at radius 2 is 1.88 bits per heavy atom. The van der Waals surface area contributed by atoms with Crippen molar-refractivity contribution in [3.63, 3.8) is 0 Å². The van der Waals surface area contributed by atoms with Crippen LogP contribution in [0.15, 0.2) is 12.1 Å². The first-order valence-corrected chi connectivity index (χ1v) is 5.49. The summed E-state index contributed by atoms with van der Waals surface area (Å²) in [5.41, 5.74) is 8.10. The minimum atomic E-state index is -0.144. The van der Waals surface area contributed by atoms with Crippen molar-refractivity contribution in [3.8, 4) is 17.6 Å². The predicted octanol–water partition coefficient (Wildman–Crippen LogP) is 2.32. The Bertz CT molecular complexity index is 424. The summed E-state index contributed by atoms with van der Waals surface area (Å²) < 4.78 is 10.5. The Hall–Kier alpha value is -1.73. The van der Waals surface area contributed by atoms with Crippen LogP contribution >= 0.6 is 0 Å². The van der Waals surface area contributed by atoms with Gasteiger partial charge in [0.1, 0.15) is 0 Å². The van der Waals surface area contributed by atoms with Gasteiger partial charge in [-0.1, -0.05) is 0 Å². The van der Waals surface area contributed by atoms with Crippen molar-refractivity contribution in [2.24, 2.45) is 5.73 Å². The van der Waals surface area contributed by atoms with Crippen molar-refractivity contribution in [1.29, 1.82) is 5.26 Å². The number of hydrogen-bond acceptors (Lipinski definition) is 4. The van der Waals surface area contributed by atoms with Gasteiger partial charge in [-0.25, -0.2) is 0 Å². The summed E-state index contributed by atoms with van der Waals surface area (Å²) in [6.07, 6.45) is 1.10. The van der Waals surface area contributed by atoms with Gasteiger partial charge >= 0.3 is 0 Å². The van der Waals surface area contributed by atoms with Gasteiger partial charge in [0.25, 0.3) is 0 Å². The molecule has 1 unspecified atom stereocenters. The lowest BCUT2D eigenvalue weighted by Crippen LogP contribution is -2.12. The van der Waals surface area contributed by atoms with E-state index in [4.69, 9.17) is 20.5 Å². The van der Waals surface area contributed by atoms with Crippen LogP contribution in [0.25, 0.3) is 0 Å². The third kappa shape index (κ3) is 3.11. The first-order chi connectivity index (χ1) is 8.13. The van der Waals surface area contributed by atoms with Crippen molar-refractivity contribution in [3.05, 3.63) is 23.3 Å². The van der Waals surface area contributed by atoms with E-state index in [0.717, 1.165) is 11.1 Å². The van der Waals surface area contributed by atoms with E-state index in [1.54, 1.807) is 14.2 Å². The molecule has 0 amide bonds. The van der Waals surface area contributed by atoms with Crippen LogP contribution in [-0.4, -0.2) is 14.2 Å². The highest BCUT2D eigenvalue weighted by atomic mass is 16.5. The number of nitriles is 1. The number of nitrogens with zero attached hydrogens (tertiary/aromatic N) is 1. The van der Waals surface area contributed by atoms with Crippen LogP contribution in [0.5, 0.6) is 11.5 Å². The topological polar surface area (TPSA) is 68.3 Å². The first kappa shape index (κ1) is 13.3. The van der Waals surface area contributed by atoms with E-state index < -0.39 is 0 Å². The van der Waals surface area contributed by atoms with Gasteiger partial charge in [0, 0.05) is 12.5 Å². The zero-order valence-electron chi connectivity index (χ0n) is 10.5. The number of nitrogens with two attached hydrogens (primary N) is 1. The molecule has 1 aromatic carbocycles. The molecule has 0 saturated carbocycles. The fourth-order valence-corrected chi connectivity index (χ4v) is 1.77. The molecule has 4 nitrogen and oxygen atoms in total. The molecule has 0 aliphatic carbocycles. The van der Waals surface area contributed by atoms with Gasteiger partial charge in [-0.05, 0) is 36.6 Å². The maximum absolute atomic E-state index is 8.56. The summed E-state index contributed by atoms with van der Waals surface area (Å²) in [7, 11) is 3.20. The predicted molar refractivity (Wildman–Crippen MR) is 66.1 cm³/mol. The molecule has 1 rings (SSSR count). The molecule has 0 radical (unpaired) electrons. The van der Waals surface area contributed by atoms with Gasteiger partial charge in [-0.3, -0.25) is 0 Å². The fourth-order valence-electron chi connectivity index (χ4n) is 1.77. The normalized spacial score (nSPS) is 11.7. The summed E-state index contributed by atoms with van der Waals surface area (Å²) in [6, 6.07) is 5.75. The van der Waals surface area contributed by atoms with E-state index >= 15 is 0 Å². The fraction of sp³-hybridized carbons (Fsp3) is 0.462. The lowest BCUT2D eigenvalue weighted by molar-refractivity contribution is 0.354. The van der Waals surface area contributed by atoms with E-state index in [1.165, 1.54) is 0 Å². The monoisotopic (exact) mass is 234 g/mol. The SMILES string of the molecule is COc1cc(C)c(C(N)CCC#N)cc1OC. The van der Waals surface area contributed by atoms with Crippen LogP contribution < -0.4 is 15.2 Å². The number of methoxy groups -OCH3 is 2. The Balaban J connectivity index is 3.04. The zero-order chi connectivity index (χ0) is 12.8. The van der Waals surface area contributed by atoms with E-state index in [2.05, 4.69) is 6.07 Å². The highest BCUT2D eigenvalue weighted by molar-refractivity contribution is 5.48. The van der Waals surface area contributed by atoms with Crippen molar-refractivity contribution in [2.45, 2.75) is 25.8 Å². The molecule has 0 bridgehead atoms. The number of benzene rings is 1. The Morgan fingerprint density at radius 3 is 2.41 bits per heavy atom. The van der Waals surface area contributed by atoms with Crippen molar-refractivity contribution in [1.82, 2.24) is 0 Å². The van der Waals surface area contributed by atoms with Gasteiger partial charge < -0.3 is 15.2 Å². The van der Waals surface area contributed by atoms with E-state index in [-0.39, 0.29) is 6.04 Å². The number of hydrogen-bond donors (Lipinski definition) is 1. The molecule has 0 fully saturated rings. The second kappa shape index (κ2) is 6.12. The van der Waals surface area contributed by atoms with E-state index in [0.29, 0.717) is 24.3 Å². The molecule has 0 saturated heterocycles. The molecule has 92 valence electrons. The second-order valence-electron chi connectivity index (χ2n) is 3.87. The molecule has 17 heavy (non-hydrogen) atoms. The quantitative estimate of drug-likeness (QED) is 0.848. The smallest absolute Gasteiger partial charge is 0.161 e.